The summed E-state index contributed by atoms with van der Waals surface area (Å²) in [6.45, 7) is 6.83. The molecule has 0 radical (unpaired) electrons. The Bertz CT molecular complexity index is 841. The first kappa shape index (κ1) is 20.0. The van der Waals surface area contributed by atoms with Crippen LogP contribution in [0.2, 0.25) is 0 Å². The summed E-state index contributed by atoms with van der Waals surface area (Å²) in [5.41, 5.74) is 2.35. The van der Waals surface area contributed by atoms with Gasteiger partial charge in [0.25, 0.3) is 5.56 Å². The highest BCUT2D eigenvalue weighted by molar-refractivity contribution is 5.56. The van der Waals surface area contributed by atoms with Gasteiger partial charge in [0.1, 0.15) is 5.82 Å². The van der Waals surface area contributed by atoms with Gasteiger partial charge in [0.05, 0.1) is 12.2 Å². The summed E-state index contributed by atoms with van der Waals surface area (Å²) in [5, 5.41) is 0. The van der Waals surface area contributed by atoms with Crippen LogP contribution in [0.1, 0.15) is 45.1 Å². The number of anilines is 2. The molecule has 2 aromatic rings. The van der Waals surface area contributed by atoms with Crippen molar-refractivity contribution >= 4 is 11.5 Å². The average molecular weight is 396 g/mol. The Morgan fingerprint density at radius 1 is 1.03 bits per heavy atom. The van der Waals surface area contributed by atoms with E-state index < -0.39 is 0 Å². The fourth-order valence-corrected chi connectivity index (χ4v) is 4.83. The molecule has 5 nitrogen and oxygen atoms in total. The predicted octanol–water partition coefficient (Wildman–Crippen LogP) is 3.98. The van der Waals surface area contributed by atoms with Crippen LogP contribution >= 0.6 is 0 Å². The van der Waals surface area contributed by atoms with Gasteiger partial charge in [-0.05, 0) is 38.7 Å². The smallest absolute Gasteiger partial charge is 0.251 e. The van der Waals surface area contributed by atoms with Crippen molar-refractivity contribution in [3.8, 4) is 0 Å². The first-order valence-electron chi connectivity index (χ1n) is 11.0. The Balaban J connectivity index is 1.62. The molecule has 3 atom stereocenters. The highest BCUT2D eigenvalue weighted by Crippen LogP contribution is 2.28. The number of pyridine rings is 1. The molecule has 1 N–H and O–H groups in total. The van der Waals surface area contributed by atoms with E-state index in [-0.39, 0.29) is 17.8 Å². The van der Waals surface area contributed by atoms with Crippen LogP contribution in [0.25, 0.3) is 0 Å². The van der Waals surface area contributed by atoms with E-state index in [1.54, 1.807) is 6.07 Å². The Morgan fingerprint density at radius 2 is 1.79 bits per heavy atom. The lowest BCUT2D eigenvalue weighted by atomic mass is 10.0. The van der Waals surface area contributed by atoms with Crippen LogP contribution in [-0.4, -0.2) is 42.9 Å². The van der Waals surface area contributed by atoms with E-state index in [0.29, 0.717) is 6.04 Å². The van der Waals surface area contributed by atoms with Gasteiger partial charge in [-0.15, -0.1) is 0 Å². The lowest BCUT2D eigenvalue weighted by molar-refractivity contribution is -0.00522. The van der Waals surface area contributed by atoms with Gasteiger partial charge in [-0.3, -0.25) is 4.79 Å². The number of H-pyrrole nitrogens is 1. The van der Waals surface area contributed by atoms with Crippen LogP contribution in [0, 0.1) is 0 Å². The number of nitrogens with zero attached hydrogens (tertiary/aromatic N) is 2. The van der Waals surface area contributed by atoms with Crippen molar-refractivity contribution in [2.75, 3.05) is 29.4 Å². The maximum absolute atomic E-state index is 12.6. The van der Waals surface area contributed by atoms with Gasteiger partial charge in [-0.1, -0.05) is 43.2 Å². The fraction of sp³-hybridized carbons (Fsp3) is 0.542. The van der Waals surface area contributed by atoms with Crippen molar-refractivity contribution in [1.29, 1.82) is 0 Å². The lowest BCUT2D eigenvalue weighted by Crippen LogP contribution is -2.46. The normalized spacial score (nSPS) is 25.7. The molecule has 0 unspecified atom stereocenters. The zero-order valence-electron chi connectivity index (χ0n) is 17.6. The van der Waals surface area contributed by atoms with Gasteiger partial charge in [-0.25, -0.2) is 0 Å². The molecular formula is C24H33N3O2. The molecule has 1 aromatic carbocycles. The second-order valence-electron chi connectivity index (χ2n) is 8.64. The molecule has 2 aliphatic rings. The lowest BCUT2D eigenvalue weighted by Gasteiger charge is -2.37. The van der Waals surface area contributed by atoms with E-state index in [0.717, 1.165) is 44.0 Å². The fourth-order valence-electron chi connectivity index (χ4n) is 4.83. The third kappa shape index (κ3) is 5.02. The van der Waals surface area contributed by atoms with Crippen LogP contribution in [0.5, 0.6) is 0 Å². The summed E-state index contributed by atoms with van der Waals surface area (Å²) in [6, 6.07) is 15.0. The molecular weight excluding hydrogens is 362 g/mol. The summed E-state index contributed by atoms with van der Waals surface area (Å²) in [7, 11) is 0. The summed E-state index contributed by atoms with van der Waals surface area (Å²) < 4.78 is 5.88. The molecule has 1 aromatic heterocycles. The number of hydrogen-bond acceptors (Lipinski definition) is 4. The average Bonchev–Trinajstić information content (AvgIpc) is 2.93. The Hall–Kier alpha value is -2.27. The third-order valence-electron chi connectivity index (χ3n) is 6.10. The van der Waals surface area contributed by atoms with E-state index in [4.69, 9.17) is 4.74 Å². The number of benzene rings is 1. The van der Waals surface area contributed by atoms with E-state index >= 15 is 0 Å². The van der Waals surface area contributed by atoms with Crippen molar-refractivity contribution in [2.45, 2.75) is 64.2 Å². The van der Waals surface area contributed by atoms with Crippen molar-refractivity contribution in [3.63, 3.8) is 0 Å². The quantitative estimate of drug-likeness (QED) is 0.851. The summed E-state index contributed by atoms with van der Waals surface area (Å²) in [6.07, 6.45) is 6.19. The van der Waals surface area contributed by atoms with Crippen LogP contribution < -0.4 is 15.4 Å². The van der Waals surface area contributed by atoms with Gasteiger partial charge in [0.15, 0.2) is 0 Å². The van der Waals surface area contributed by atoms with Crippen molar-refractivity contribution in [2.24, 2.45) is 0 Å². The zero-order valence-corrected chi connectivity index (χ0v) is 17.6. The van der Waals surface area contributed by atoms with Crippen LogP contribution in [0.3, 0.4) is 0 Å². The third-order valence-corrected chi connectivity index (χ3v) is 6.10. The molecule has 3 heterocycles. The van der Waals surface area contributed by atoms with Gasteiger partial charge < -0.3 is 19.5 Å². The predicted molar refractivity (Wildman–Crippen MR) is 119 cm³/mol. The van der Waals surface area contributed by atoms with E-state index in [9.17, 15) is 4.79 Å². The number of aromatic amines is 1. The molecule has 0 amide bonds. The number of hydrogen-bond donors (Lipinski definition) is 1. The summed E-state index contributed by atoms with van der Waals surface area (Å²) in [4.78, 5) is 20.4. The van der Waals surface area contributed by atoms with Crippen LogP contribution in [-0.2, 0) is 11.2 Å². The minimum absolute atomic E-state index is 0.0213. The molecule has 0 aliphatic carbocycles. The second-order valence-corrected chi connectivity index (χ2v) is 8.64. The number of ether oxygens (including phenoxy) is 1. The van der Waals surface area contributed by atoms with Gasteiger partial charge in [0.2, 0.25) is 0 Å². The van der Waals surface area contributed by atoms with Crippen molar-refractivity contribution in [1.82, 2.24) is 4.98 Å². The minimum atomic E-state index is -0.0213. The van der Waals surface area contributed by atoms with Crippen molar-refractivity contribution in [3.05, 3.63) is 58.4 Å². The molecule has 4 rings (SSSR count). The van der Waals surface area contributed by atoms with Gasteiger partial charge in [-0.2, -0.15) is 0 Å². The number of aromatic nitrogens is 1. The van der Waals surface area contributed by atoms with Crippen LogP contribution in [0.4, 0.5) is 11.5 Å². The van der Waals surface area contributed by atoms with Gasteiger partial charge >= 0.3 is 0 Å². The summed E-state index contributed by atoms with van der Waals surface area (Å²) >= 11 is 0. The molecule has 0 bridgehead atoms. The molecule has 2 saturated heterocycles. The summed E-state index contributed by atoms with van der Waals surface area (Å²) in [5.74, 6) is 0.960. The molecule has 2 aliphatic heterocycles. The van der Waals surface area contributed by atoms with E-state index in [2.05, 4.69) is 65.0 Å². The number of rotatable bonds is 4. The molecule has 5 heteroatoms. The molecule has 0 saturated carbocycles. The Kier molecular flexibility index (Phi) is 6.24. The first-order chi connectivity index (χ1) is 14.1. The SMILES string of the molecule is C[C@@H]1CN(c2cc(N3CCCCC[C@@H]3Cc3ccccc3)[nH]c(=O)c2)C[C@@H](C)O1. The largest absolute Gasteiger partial charge is 0.372 e. The molecule has 0 spiro atoms. The Morgan fingerprint density at radius 3 is 2.55 bits per heavy atom. The first-order valence-corrected chi connectivity index (χ1v) is 11.0. The standard InChI is InChI=1S/C24H33N3O2/c1-18-16-26(17-19(2)29-18)22-14-23(25-24(28)15-22)27-12-8-4-7-11-21(27)13-20-9-5-3-6-10-20/h3,5-6,9-10,14-15,18-19,21H,4,7-8,11-13,16-17H2,1-2H3,(H,25,28)/t18-,19-,21-/m1/s1. The Labute approximate surface area is 173 Å². The van der Waals surface area contributed by atoms with Crippen LogP contribution in [0.15, 0.2) is 47.3 Å². The van der Waals surface area contributed by atoms with E-state index in [1.165, 1.54) is 24.8 Å². The zero-order chi connectivity index (χ0) is 20.2. The second kappa shape index (κ2) is 9.04. The maximum Gasteiger partial charge on any atom is 0.251 e. The van der Waals surface area contributed by atoms with Gasteiger partial charge in [0, 0.05) is 43.5 Å². The molecule has 2 fully saturated rings. The monoisotopic (exact) mass is 395 g/mol. The number of nitrogens with one attached hydrogen (secondary N) is 1. The highest BCUT2D eigenvalue weighted by Gasteiger charge is 2.26. The van der Waals surface area contributed by atoms with Crippen molar-refractivity contribution < 1.29 is 4.74 Å². The molecule has 29 heavy (non-hydrogen) atoms. The maximum atomic E-state index is 12.6. The number of morpholine rings is 1. The minimum Gasteiger partial charge on any atom is -0.372 e. The highest BCUT2D eigenvalue weighted by atomic mass is 16.5. The topological polar surface area (TPSA) is 48.6 Å². The molecule has 156 valence electrons. The van der Waals surface area contributed by atoms with E-state index in [1.807, 2.05) is 0 Å².